The molecule has 2 aromatic rings. The van der Waals surface area contributed by atoms with Gasteiger partial charge in [0.1, 0.15) is 0 Å². The fourth-order valence-corrected chi connectivity index (χ4v) is 4.59. The summed E-state index contributed by atoms with van der Waals surface area (Å²) in [6.45, 7) is 0.0571. The number of unbranched alkanes of at least 4 members (excludes halogenated alkanes) is 2. The molecule has 0 saturated heterocycles. The number of halogens is 6. The molecular formula is C24H27F6N3O3. The average Bonchev–Trinajstić information content (AvgIpc) is 3.26. The predicted octanol–water partition coefficient (Wildman–Crippen LogP) is 5.33. The Hall–Kier alpha value is -3.05. The van der Waals surface area contributed by atoms with Crippen LogP contribution >= 0.6 is 0 Å². The van der Waals surface area contributed by atoms with Gasteiger partial charge in [0.2, 0.25) is 0 Å². The lowest BCUT2D eigenvalue weighted by Gasteiger charge is -2.31. The second kappa shape index (κ2) is 10.9. The standard InChI is InChI=1S/C24H27F6N3O3/c25-23(26,27)11-2-1-5-12-31-21(36)19-20(35)18(34)14-33(32-19)15-22(9-3-4-10-22)16-7-6-8-17(13-16)24(28,29)30/h6-8,13-14,34H,1-5,9-12,15H2,(H,31,36). The first-order valence-electron chi connectivity index (χ1n) is 11.6. The molecule has 1 heterocycles. The number of alkyl halides is 6. The molecule has 1 aromatic carbocycles. The number of carbonyl (C=O) groups is 1. The second-order valence-corrected chi connectivity index (χ2v) is 9.14. The first kappa shape index (κ1) is 27.5. The summed E-state index contributed by atoms with van der Waals surface area (Å²) in [4.78, 5) is 24.8. The van der Waals surface area contributed by atoms with Crippen LogP contribution in [0.2, 0.25) is 0 Å². The third-order valence-electron chi connectivity index (χ3n) is 6.41. The lowest BCUT2D eigenvalue weighted by Crippen LogP contribution is -2.35. The Balaban J connectivity index is 1.76. The first-order chi connectivity index (χ1) is 16.8. The van der Waals surface area contributed by atoms with E-state index in [0.717, 1.165) is 31.2 Å². The van der Waals surface area contributed by atoms with E-state index in [9.17, 15) is 41.0 Å². The summed E-state index contributed by atoms with van der Waals surface area (Å²) in [5.74, 6) is -1.63. The Morgan fingerprint density at radius 1 is 1.08 bits per heavy atom. The molecule has 12 heteroatoms. The number of nitrogens with one attached hydrogen (secondary N) is 1. The van der Waals surface area contributed by atoms with Gasteiger partial charge in [0.15, 0.2) is 11.4 Å². The SMILES string of the molecule is O=C(NCCCCCC(F)(F)F)c1nn(CC2(c3cccc(C(F)(F)F)c3)CCCC2)cc(O)c1=O. The molecule has 2 N–H and O–H groups in total. The van der Waals surface area contributed by atoms with Crippen LogP contribution in [0.5, 0.6) is 5.75 Å². The van der Waals surface area contributed by atoms with E-state index in [1.54, 1.807) is 6.07 Å². The van der Waals surface area contributed by atoms with Crippen molar-refractivity contribution in [3.63, 3.8) is 0 Å². The van der Waals surface area contributed by atoms with Crippen LogP contribution in [0.15, 0.2) is 35.3 Å². The Labute approximate surface area is 203 Å². The normalized spacial score (nSPS) is 15.7. The molecule has 3 rings (SSSR count). The molecule has 0 bridgehead atoms. The van der Waals surface area contributed by atoms with Gasteiger partial charge in [-0.3, -0.25) is 14.3 Å². The van der Waals surface area contributed by atoms with Crippen molar-refractivity contribution in [2.24, 2.45) is 0 Å². The molecule has 1 aromatic heterocycles. The van der Waals surface area contributed by atoms with Crippen molar-refractivity contribution in [2.75, 3.05) is 6.54 Å². The van der Waals surface area contributed by atoms with E-state index >= 15 is 0 Å². The van der Waals surface area contributed by atoms with Gasteiger partial charge < -0.3 is 10.4 Å². The van der Waals surface area contributed by atoms with Gasteiger partial charge in [0.25, 0.3) is 11.3 Å². The van der Waals surface area contributed by atoms with Crippen LogP contribution in [0.25, 0.3) is 0 Å². The molecule has 36 heavy (non-hydrogen) atoms. The van der Waals surface area contributed by atoms with E-state index in [1.165, 1.54) is 10.7 Å². The zero-order valence-corrected chi connectivity index (χ0v) is 19.4. The van der Waals surface area contributed by atoms with Gasteiger partial charge in [0, 0.05) is 18.4 Å². The fraction of sp³-hybridized carbons (Fsp3) is 0.542. The number of amides is 1. The number of benzene rings is 1. The van der Waals surface area contributed by atoms with Crippen LogP contribution in [0.3, 0.4) is 0 Å². The first-order valence-corrected chi connectivity index (χ1v) is 11.6. The molecule has 1 aliphatic rings. The molecule has 0 unspecified atom stereocenters. The van der Waals surface area contributed by atoms with E-state index in [4.69, 9.17) is 0 Å². The van der Waals surface area contributed by atoms with Gasteiger partial charge in [-0.25, -0.2) is 0 Å². The Morgan fingerprint density at radius 2 is 1.78 bits per heavy atom. The van der Waals surface area contributed by atoms with Crippen molar-refractivity contribution in [2.45, 2.75) is 75.7 Å². The highest BCUT2D eigenvalue weighted by Crippen LogP contribution is 2.44. The molecule has 1 fully saturated rings. The number of aromatic nitrogens is 2. The number of rotatable bonds is 9. The monoisotopic (exact) mass is 519 g/mol. The van der Waals surface area contributed by atoms with Crippen molar-refractivity contribution < 1.29 is 36.2 Å². The molecule has 0 spiro atoms. The summed E-state index contributed by atoms with van der Waals surface area (Å²) in [5, 5.41) is 16.6. The van der Waals surface area contributed by atoms with Gasteiger partial charge >= 0.3 is 12.4 Å². The molecule has 6 nitrogen and oxygen atoms in total. The molecule has 198 valence electrons. The summed E-state index contributed by atoms with van der Waals surface area (Å²) < 4.78 is 77.7. The second-order valence-electron chi connectivity index (χ2n) is 9.14. The lowest BCUT2D eigenvalue weighted by molar-refractivity contribution is -0.138. The van der Waals surface area contributed by atoms with Crippen LogP contribution in [0.4, 0.5) is 26.3 Å². The third kappa shape index (κ3) is 7.01. The number of aromatic hydroxyl groups is 1. The van der Waals surface area contributed by atoms with Crippen LogP contribution < -0.4 is 10.7 Å². The van der Waals surface area contributed by atoms with Crippen LogP contribution in [-0.4, -0.2) is 33.5 Å². The molecule has 0 atom stereocenters. The van der Waals surface area contributed by atoms with E-state index < -0.39 is 52.5 Å². The fourth-order valence-electron chi connectivity index (χ4n) is 4.59. The minimum atomic E-state index is -4.51. The van der Waals surface area contributed by atoms with E-state index in [2.05, 4.69) is 10.4 Å². The summed E-state index contributed by atoms with van der Waals surface area (Å²) in [6.07, 6.45) is -5.60. The van der Waals surface area contributed by atoms with Gasteiger partial charge in [-0.05, 0) is 37.3 Å². The summed E-state index contributed by atoms with van der Waals surface area (Å²) in [7, 11) is 0. The highest BCUT2D eigenvalue weighted by Gasteiger charge is 2.39. The molecule has 0 aliphatic heterocycles. The maximum atomic E-state index is 13.3. The highest BCUT2D eigenvalue weighted by atomic mass is 19.4. The van der Waals surface area contributed by atoms with Crippen LogP contribution in [-0.2, 0) is 18.1 Å². The summed E-state index contributed by atoms with van der Waals surface area (Å²) in [5.41, 5.74) is -2.66. The van der Waals surface area contributed by atoms with E-state index in [1.807, 2.05) is 0 Å². The quantitative estimate of drug-likeness (QED) is 0.347. The molecule has 1 aliphatic carbocycles. The van der Waals surface area contributed by atoms with Crippen molar-refractivity contribution in [1.29, 1.82) is 0 Å². The van der Waals surface area contributed by atoms with Crippen molar-refractivity contribution >= 4 is 5.91 Å². The topological polar surface area (TPSA) is 84.2 Å². The van der Waals surface area contributed by atoms with E-state index in [-0.39, 0.29) is 32.4 Å². The minimum Gasteiger partial charge on any atom is -0.503 e. The van der Waals surface area contributed by atoms with Crippen molar-refractivity contribution in [3.05, 3.63) is 57.5 Å². The van der Waals surface area contributed by atoms with Gasteiger partial charge in [-0.2, -0.15) is 31.4 Å². The largest absolute Gasteiger partial charge is 0.503 e. The Kier molecular flexibility index (Phi) is 8.35. The zero-order chi connectivity index (χ0) is 26.6. The molecule has 0 radical (unpaired) electrons. The molecular weight excluding hydrogens is 492 g/mol. The van der Waals surface area contributed by atoms with Gasteiger partial charge in [0.05, 0.1) is 18.3 Å². The number of hydrogen-bond donors (Lipinski definition) is 2. The van der Waals surface area contributed by atoms with Crippen LogP contribution in [0.1, 0.15) is 73.0 Å². The van der Waals surface area contributed by atoms with Crippen molar-refractivity contribution in [1.82, 2.24) is 15.1 Å². The smallest absolute Gasteiger partial charge is 0.416 e. The number of nitrogens with zero attached hydrogens (tertiary/aromatic N) is 2. The van der Waals surface area contributed by atoms with E-state index in [0.29, 0.717) is 18.4 Å². The number of hydrogen-bond acceptors (Lipinski definition) is 4. The van der Waals surface area contributed by atoms with Gasteiger partial charge in [-0.15, -0.1) is 0 Å². The van der Waals surface area contributed by atoms with Gasteiger partial charge in [-0.1, -0.05) is 37.5 Å². The van der Waals surface area contributed by atoms with Crippen LogP contribution in [0, 0.1) is 0 Å². The van der Waals surface area contributed by atoms with Crippen molar-refractivity contribution in [3.8, 4) is 5.75 Å². The Bertz CT molecular complexity index is 1120. The summed E-state index contributed by atoms with van der Waals surface area (Å²) >= 11 is 0. The third-order valence-corrected chi connectivity index (χ3v) is 6.41. The maximum Gasteiger partial charge on any atom is 0.416 e. The zero-order valence-electron chi connectivity index (χ0n) is 19.4. The maximum absolute atomic E-state index is 13.3. The lowest BCUT2D eigenvalue weighted by atomic mass is 9.78. The average molecular weight is 519 g/mol. The number of carbonyl (C=O) groups excluding carboxylic acids is 1. The Morgan fingerprint density at radius 3 is 2.42 bits per heavy atom. The molecule has 1 saturated carbocycles. The highest BCUT2D eigenvalue weighted by molar-refractivity contribution is 5.92. The summed E-state index contributed by atoms with van der Waals surface area (Å²) in [6, 6.07) is 5.03. The minimum absolute atomic E-state index is 0.0155. The predicted molar refractivity (Wildman–Crippen MR) is 119 cm³/mol. The molecule has 1 amide bonds.